The minimum atomic E-state index is -1.80. The second-order valence-corrected chi connectivity index (χ2v) is 20.4. The first-order chi connectivity index (χ1) is 21.2. The van der Waals surface area contributed by atoms with Crippen LogP contribution in [0.15, 0.2) is 44.8 Å². The molecule has 4 nitrogen and oxygen atoms in total. The summed E-state index contributed by atoms with van der Waals surface area (Å²) in [7, 11) is -1.80. The summed E-state index contributed by atoms with van der Waals surface area (Å²) in [5.74, 6) is -0.599. The molecule has 1 atom stereocenters. The van der Waals surface area contributed by atoms with Crippen LogP contribution in [-0.2, 0) is 33.5 Å². The molecule has 0 aliphatic rings. The number of phenolic OH excluding ortho intramolecular Hbond substituents is 1. The molecule has 0 saturated carbocycles. The van der Waals surface area contributed by atoms with Crippen molar-refractivity contribution < 1.29 is 18.6 Å². The number of fused-ring (bicyclic) bond motifs is 3. The smallest absolute Gasteiger partial charge is 0.247 e. The highest BCUT2D eigenvalue weighted by atomic mass is 31.1. The molecule has 4 rings (SSSR count). The molecular weight excluding hydrogens is 599 g/mol. The molecule has 258 valence electrons. The van der Waals surface area contributed by atoms with Gasteiger partial charge in [-0.05, 0) is 92.9 Å². The lowest BCUT2D eigenvalue weighted by Gasteiger charge is -2.27. The third-order valence-electron chi connectivity index (χ3n) is 9.39. The second-order valence-electron chi connectivity index (χ2n) is 18.8. The number of aliphatic hydroxyl groups excluding tert-OH is 1. The van der Waals surface area contributed by atoms with Gasteiger partial charge in [-0.25, -0.2) is 0 Å². The lowest BCUT2D eigenvalue weighted by atomic mass is 9.77. The van der Waals surface area contributed by atoms with Gasteiger partial charge in [0.2, 0.25) is 8.01 Å². The molecule has 2 N–H and O–H groups in total. The van der Waals surface area contributed by atoms with Crippen LogP contribution in [0.1, 0.15) is 155 Å². The van der Waals surface area contributed by atoms with Gasteiger partial charge in [-0.2, -0.15) is 0 Å². The molecule has 5 heteroatoms. The van der Waals surface area contributed by atoms with Gasteiger partial charge in [-0.3, -0.25) is 0 Å². The summed E-state index contributed by atoms with van der Waals surface area (Å²) in [4.78, 5) is 0. The Kier molecular flexibility index (Phi) is 9.75. The van der Waals surface area contributed by atoms with Gasteiger partial charge in [0.25, 0.3) is 0 Å². The van der Waals surface area contributed by atoms with Crippen molar-refractivity contribution in [2.75, 3.05) is 0 Å². The summed E-state index contributed by atoms with van der Waals surface area (Å²) in [5, 5.41) is 25.0. The van der Waals surface area contributed by atoms with Crippen molar-refractivity contribution in [3.63, 3.8) is 0 Å². The normalized spacial score (nSPS) is 14.2. The Morgan fingerprint density at radius 1 is 0.574 bits per heavy atom. The van der Waals surface area contributed by atoms with Crippen LogP contribution in [0.2, 0.25) is 0 Å². The van der Waals surface area contributed by atoms with E-state index in [1.54, 1.807) is 0 Å². The summed E-state index contributed by atoms with van der Waals surface area (Å²) in [6.07, 6.45) is 0.911. The van der Waals surface area contributed by atoms with Gasteiger partial charge in [0.05, 0.1) is 0 Å². The van der Waals surface area contributed by atoms with Crippen molar-refractivity contribution >= 4 is 30.0 Å². The predicted octanol–water partition coefficient (Wildman–Crippen LogP) is 12.9. The Morgan fingerprint density at radius 2 is 0.957 bits per heavy atom. The maximum Gasteiger partial charge on any atom is 0.247 e. The summed E-state index contributed by atoms with van der Waals surface area (Å²) >= 11 is 0. The van der Waals surface area contributed by atoms with Gasteiger partial charge in [0.15, 0.2) is 5.85 Å². The lowest BCUT2D eigenvalue weighted by Crippen LogP contribution is -2.17. The van der Waals surface area contributed by atoms with Crippen LogP contribution in [0.3, 0.4) is 0 Å². The first kappa shape index (κ1) is 37.1. The molecule has 3 aromatic carbocycles. The summed E-state index contributed by atoms with van der Waals surface area (Å²) < 4.78 is 13.9. The van der Waals surface area contributed by atoms with Gasteiger partial charge in [-0.1, -0.05) is 122 Å². The van der Waals surface area contributed by atoms with Crippen molar-refractivity contribution in [3.8, 4) is 5.75 Å². The van der Waals surface area contributed by atoms with Crippen LogP contribution < -0.4 is 0 Å². The zero-order chi connectivity index (χ0) is 35.7. The molecule has 1 aromatic heterocycles. The van der Waals surface area contributed by atoms with Crippen molar-refractivity contribution in [3.05, 3.63) is 75.3 Å². The summed E-state index contributed by atoms with van der Waals surface area (Å²) in [6.45, 7) is 35.4. The molecule has 0 amide bonds. The number of phenols is 1. The highest BCUT2D eigenvalue weighted by Crippen LogP contribution is 2.49. The Balaban J connectivity index is 2.08. The number of rotatable bonds is 4. The monoisotopic (exact) mass is 660 g/mol. The van der Waals surface area contributed by atoms with Gasteiger partial charge in [-0.15, -0.1) is 0 Å². The minimum absolute atomic E-state index is 0.0679. The number of hydrogen-bond acceptors (Lipinski definition) is 4. The molecule has 0 aliphatic heterocycles. The van der Waals surface area contributed by atoms with Crippen molar-refractivity contribution in [1.82, 2.24) is 0 Å². The van der Waals surface area contributed by atoms with E-state index in [0.717, 1.165) is 49.8 Å². The van der Waals surface area contributed by atoms with Crippen molar-refractivity contribution in [2.45, 2.75) is 157 Å². The molecule has 47 heavy (non-hydrogen) atoms. The molecule has 0 aliphatic carbocycles. The van der Waals surface area contributed by atoms with Crippen LogP contribution in [0.4, 0.5) is 0 Å². The van der Waals surface area contributed by atoms with E-state index < -0.39 is 13.9 Å². The number of aliphatic hydroxyl groups is 1. The third kappa shape index (κ3) is 7.97. The van der Waals surface area contributed by atoms with E-state index in [1.807, 2.05) is 13.0 Å². The summed E-state index contributed by atoms with van der Waals surface area (Å²) in [5.41, 5.74) is 8.64. The van der Waals surface area contributed by atoms with E-state index in [2.05, 4.69) is 134 Å². The fraction of sp³-hybridized carbons (Fsp3) is 0.571. The molecule has 0 bridgehead atoms. The Labute approximate surface area is 285 Å². The average molecular weight is 661 g/mol. The van der Waals surface area contributed by atoms with E-state index in [-0.39, 0.29) is 32.8 Å². The van der Waals surface area contributed by atoms with E-state index in [1.165, 1.54) is 11.1 Å². The third-order valence-corrected chi connectivity index (χ3v) is 10.9. The molecule has 4 aromatic rings. The van der Waals surface area contributed by atoms with E-state index in [0.29, 0.717) is 12.8 Å². The number of aryl methyl sites for hydroxylation is 1. The molecule has 1 unspecified atom stereocenters. The van der Waals surface area contributed by atoms with Gasteiger partial charge < -0.3 is 18.6 Å². The highest BCUT2D eigenvalue weighted by Gasteiger charge is 2.30. The van der Waals surface area contributed by atoms with Gasteiger partial charge >= 0.3 is 0 Å². The van der Waals surface area contributed by atoms with Crippen LogP contribution >= 0.6 is 8.01 Å². The Morgan fingerprint density at radius 3 is 1.30 bits per heavy atom. The molecule has 1 heterocycles. The number of benzene rings is 3. The minimum Gasteiger partial charge on any atom is -0.508 e. The summed E-state index contributed by atoms with van der Waals surface area (Å²) in [6, 6.07) is 13.2. The van der Waals surface area contributed by atoms with Crippen molar-refractivity contribution in [1.29, 1.82) is 0 Å². The lowest BCUT2D eigenvalue weighted by molar-refractivity contribution is 0.203. The molecule has 0 saturated heterocycles. The number of aromatic hydroxyl groups is 1. The van der Waals surface area contributed by atoms with Crippen LogP contribution in [0.25, 0.3) is 21.9 Å². The van der Waals surface area contributed by atoms with E-state index >= 15 is 0 Å². The quantitative estimate of drug-likeness (QED) is 0.229. The largest absolute Gasteiger partial charge is 0.508 e. The van der Waals surface area contributed by atoms with E-state index in [4.69, 9.17) is 8.39 Å². The SMILES string of the molecule is Cc1cc(C(C)(C)C)cc(O)c1CCC(O)p1oc2c(C(C)(C)C)cc(C(C)(C)C)cc2c2cc(C(C)(C)C)cc(C(C)(C)C)c2o1. The average Bonchev–Trinajstić information content (AvgIpc) is 3.05. The van der Waals surface area contributed by atoms with Crippen LogP contribution in [-0.4, -0.2) is 10.2 Å². The molecule has 0 spiro atoms. The zero-order valence-corrected chi connectivity index (χ0v) is 33.0. The van der Waals surface area contributed by atoms with Gasteiger partial charge in [0.1, 0.15) is 16.9 Å². The van der Waals surface area contributed by atoms with Crippen LogP contribution in [0, 0.1) is 6.92 Å². The molecule has 0 fully saturated rings. The molecule has 0 radical (unpaired) electrons. The van der Waals surface area contributed by atoms with Crippen molar-refractivity contribution in [2.24, 2.45) is 0 Å². The Hall–Kier alpha value is -2.68. The Bertz CT molecular complexity index is 1710. The predicted molar refractivity (Wildman–Crippen MR) is 202 cm³/mol. The highest BCUT2D eigenvalue weighted by molar-refractivity contribution is 7.37. The fourth-order valence-electron chi connectivity index (χ4n) is 6.09. The van der Waals surface area contributed by atoms with Crippen LogP contribution in [0.5, 0.6) is 5.75 Å². The fourth-order valence-corrected chi connectivity index (χ4v) is 7.46. The first-order valence-electron chi connectivity index (χ1n) is 17.2. The number of hydrogen-bond donors (Lipinski definition) is 2. The standard InChI is InChI=1S/C42H61O4P/c1-25-19-26(38(2,3)4)24-34(43)29(25)17-18-35(44)47-45-36-30(20-27(39(5,6)7)22-32(36)41(11,12)13)31-21-28(40(8,9)10)23-33(37(31)46-47)42(14,15)16/h19-24,35,43-44H,17-18H2,1-16H3. The topological polar surface area (TPSA) is 66.7 Å². The maximum atomic E-state index is 11.9. The maximum absolute atomic E-state index is 11.9. The second kappa shape index (κ2) is 12.3. The first-order valence-corrected chi connectivity index (χ1v) is 18.5. The van der Waals surface area contributed by atoms with E-state index in [9.17, 15) is 10.2 Å². The molecular formula is C42H61O4P. The van der Waals surface area contributed by atoms with Gasteiger partial charge in [0, 0.05) is 21.9 Å². The zero-order valence-electron chi connectivity index (χ0n) is 32.1.